The summed E-state index contributed by atoms with van der Waals surface area (Å²) < 4.78 is 77.8. The summed E-state index contributed by atoms with van der Waals surface area (Å²) in [5.41, 5.74) is 0.893. The Kier molecular flexibility index (Phi) is 10.9. The van der Waals surface area contributed by atoms with Crippen LogP contribution in [0.25, 0.3) is 0 Å². The van der Waals surface area contributed by atoms with E-state index in [9.17, 15) is 36.6 Å². The number of aliphatic hydroxyl groups is 2. The number of nitrogens with zero attached hydrogens (tertiary/aromatic N) is 1. The Morgan fingerprint density at radius 3 is 2.52 bits per heavy atom. The van der Waals surface area contributed by atoms with Gasteiger partial charge in [-0.1, -0.05) is 48.9 Å². The monoisotopic (exact) mass is 757 g/mol. The number of sulfonamides is 1. The third-order valence-corrected chi connectivity index (χ3v) is 13.9. The van der Waals surface area contributed by atoms with Gasteiger partial charge in [0.2, 0.25) is 5.78 Å². The Morgan fingerprint density at radius 2 is 1.85 bits per heavy atom. The molecule has 1 saturated carbocycles. The lowest BCUT2D eigenvalue weighted by atomic mass is 9.65. The highest BCUT2D eigenvalue weighted by molar-refractivity contribution is 7.91. The number of hydrogen-bond acceptors (Lipinski definition) is 8. The molecule has 0 unspecified atom stereocenters. The SMILES string of the molecule is CC1=CCC[C@@]2(C)[C@@H](CC[C@@]2(O)CN(Cc2ccc(OC(F)(F)F)cc2)S(=O)(=O)c2cccs2)c2ccc(cc2C(=O)c2ccco2)C[C@@H](O)CC1. The second kappa shape index (κ2) is 14.9. The summed E-state index contributed by atoms with van der Waals surface area (Å²) in [6.45, 7) is 3.45. The summed E-state index contributed by atoms with van der Waals surface area (Å²) in [4.78, 5) is 14.0. The first kappa shape index (κ1) is 38.0. The van der Waals surface area contributed by atoms with Gasteiger partial charge in [-0.05, 0) is 116 Å². The Bertz CT molecular complexity index is 1990. The number of rotatable bonds is 9. The predicted octanol–water partition coefficient (Wildman–Crippen LogP) is 8.40. The van der Waals surface area contributed by atoms with Gasteiger partial charge in [-0.2, -0.15) is 4.31 Å². The number of ether oxygens (including phenoxy) is 1. The van der Waals surface area contributed by atoms with E-state index in [1.807, 2.05) is 26.0 Å². The summed E-state index contributed by atoms with van der Waals surface area (Å²) in [6, 6.07) is 17.0. The lowest BCUT2D eigenvalue weighted by Crippen LogP contribution is -2.53. The van der Waals surface area contributed by atoms with Crippen molar-refractivity contribution < 1.29 is 45.8 Å². The summed E-state index contributed by atoms with van der Waals surface area (Å²) in [7, 11) is -4.17. The van der Waals surface area contributed by atoms with E-state index in [4.69, 9.17) is 4.42 Å². The minimum absolute atomic E-state index is 0.0708. The van der Waals surface area contributed by atoms with Crippen LogP contribution in [0, 0.1) is 5.41 Å². The van der Waals surface area contributed by atoms with Gasteiger partial charge in [-0.3, -0.25) is 4.79 Å². The number of ketones is 1. The molecule has 0 amide bonds. The average molecular weight is 758 g/mol. The molecule has 7 rings (SSSR count). The quantitative estimate of drug-likeness (QED) is 0.130. The van der Waals surface area contributed by atoms with Crippen molar-refractivity contribution in [2.45, 2.75) is 93.5 Å². The van der Waals surface area contributed by atoms with Crippen molar-refractivity contribution in [1.29, 1.82) is 0 Å². The number of halogens is 3. The molecular weight excluding hydrogens is 716 g/mol. The molecule has 2 N–H and O–H groups in total. The first-order chi connectivity index (χ1) is 24.6. The van der Waals surface area contributed by atoms with E-state index in [0.29, 0.717) is 55.2 Å². The van der Waals surface area contributed by atoms with Gasteiger partial charge >= 0.3 is 6.36 Å². The first-order valence-corrected chi connectivity index (χ1v) is 19.6. The molecular formula is C39H42F3NO7S2. The van der Waals surface area contributed by atoms with Crippen LogP contribution in [-0.4, -0.2) is 53.3 Å². The van der Waals surface area contributed by atoms with Crippen LogP contribution in [0.15, 0.2) is 98.6 Å². The fraction of sp³-hybridized carbons (Fsp3) is 0.410. The topological polar surface area (TPSA) is 117 Å². The van der Waals surface area contributed by atoms with Crippen LogP contribution >= 0.6 is 11.3 Å². The van der Waals surface area contributed by atoms with Crippen molar-refractivity contribution in [3.8, 4) is 5.75 Å². The number of aliphatic hydroxyl groups excluding tert-OH is 1. The molecule has 52 heavy (non-hydrogen) atoms. The number of thiophene rings is 1. The normalized spacial score (nSPS) is 24.3. The first-order valence-electron chi connectivity index (χ1n) is 17.2. The Hall–Kier alpha value is -3.75. The zero-order chi connectivity index (χ0) is 37.3. The van der Waals surface area contributed by atoms with E-state index in [-0.39, 0.29) is 41.2 Å². The lowest BCUT2D eigenvalue weighted by Gasteiger charge is -2.46. The standard InChI is InChI=1S/C39H42F3NO7S2/c1-26-6-3-18-37(2)33(31-16-12-28(22-29(44)13-9-26)23-32(31)36(45)34-7-4-20-49-34)17-19-38(37,46)25-43(52(47,48)35-8-5-21-51-35)24-27-10-14-30(15-11-27)50-39(40,41)42/h4-8,10-12,14-16,20-21,23,29,33,44,46H,3,9,13,17-19,22,24-25H2,1-2H3/t29-,33-,37-,38+/m0/s1. The van der Waals surface area contributed by atoms with Gasteiger partial charge in [0.05, 0.1) is 18.0 Å². The number of hydrogen-bond donors (Lipinski definition) is 2. The van der Waals surface area contributed by atoms with Crippen molar-refractivity contribution in [2.75, 3.05) is 6.54 Å². The van der Waals surface area contributed by atoms with Crippen LogP contribution < -0.4 is 4.74 Å². The number of carbonyl (C=O) groups is 1. The van der Waals surface area contributed by atoms with Crippen molar-refractivity contribution in [1.82, 2.24) is 4.31 Å². The van der Waals surface area contributed by atoms with Crippen LogP contribution in [0.1, 0.15) is 91.1 Å². The maximum Gasteiger partial charge on any atom is 0.573 e. The molecule has 0 spiro atoms. The zero-order valence-electron chi connectivity index (χ0n) is 28.9. The summed E-state index contributed by atoms with van der Waals surface area (Å²) in [5, 5.41) is 25.4. The number of allylic oxidation sites excluding steroid dienone is 2. The van der Waals surface area contributed by atoms with Crippen molar-refractivity contribution in [2.24, 2.45) is 5.41 Å². The predicted molar refractivity (Wildman–Crippen MR) is 191 cm³/mol. The van der Waals surface area contributed by atoms with E-state index >= 15 is 0 Å². The molecule has 2 bridgehead atoms. The fourth-order valence-corrected chi connectivity index (χ4v) is 10.4. The van der Waals surface area contributed by atoms with E-state index in [1.165, 1.54) is 28.8 Å². The number of benzene rings is 2. The largest absolute Gasteiger partial charge is 0.573 e. The van der Waals surface area contributed by atoms with Gasteiger partial charge in [-0.15, -0.1) is 24.5 Å². The second-order valence-electron chi connectivity index (χ2n) is 14.2. The Labute approximate surface area is 305 Å². The minimum atomic E-state index is -4.88. The molecule has 0 radical (unpaired) electrons. The third-order valence-electron chi connectivity index (χ3n) is 10.7. The third kappa shape index (κ3) is 8.08. The highest BCUT2D eigenvalue weighted by Gasteiger charge is 2.58. The Balaban J connectivity index is 1.42. The highest BCUT2D eigenvalue weighted by Crippen LogP contribution is 2.59. The average Bonchev–Trinajstić information content (AvgIpc) is 3.87. The van der Waals surface area contributed by atoms with Crippen molar-refractivity contribution in [3.63, 3.8) is 0 Å². The zero-order valence-corrected chi connectivity index (χ0v) is 30.6. The fourth-order valence-electron chi connectivity index (χ4n) is 7.79. The molecule has 13 heteroatoms. The minimum Gasteiger partial charge on any atom is -0.461 e. The molecule has 0 saturated heterocycles. The lowest BCUT2D eigenvalue weighted by molar-refractivity contribution is -0.274. The van der Waals surface area contributed by atoms with Gasteiger partial charge in [0.15, 0.2) is 5.76 Å². The molecule has 4 atom stereocenters. The van der Waals surface area contributed by atoms with Crippen LogP contribution in [-0.2, 0) is 23.0 Å². The summed E-state index contributed by atoms with van der Waals surface area (Å²) in [6.07, 6.45) is 1.31. The van der Waals surface area contributed by atoms with E-state index < -0.39 is 39.3 Å². The molecule has 8 nitrogen and oxygen atoms in total. The highest BCUT2D eigenvalue weighted by atomic mass is 32.2. The molecule has 1 fully saturated rings. The van der Waals surface area contributed by atoms with Crippen LogP contribution in [0.4, 0.5) is 13.2 Å². The molecule has 0 aliphatic heterocycles. The van der Waals surface area contributed by atoms with Crippen molar-refractivity contribution >= 4 is 27.1 Å². The van der Waals surface area contributed by atoms with Gasteiger partial charge in [-0.25, -0.2) is 8.42 Å². The smallest absolute Gasteiger partial charge is 0.461 e. The van der Waals surface area contributed by atoms with Gasteiger partial charge < -0.3 is 19.4 Å². The molecule has 2 heterocycles. The van der Waals surface area contributed by atoms with Gasteiger partial charge in [0, 0.05) is 24.1 Å². The van der Waals surface area contributed by atoms with E-state index in [0.717, 1.165) is 34.6 Å². The summed E-state index contributed by atoms with van der Waals surface area (Å²) >= 11 is 1.04. The number of alkyl halides is 3. The van der Waals surface area contributed by atoms with E-state index in [2.05, 4.69) is 10.8 Å². The molecule has 278 valence electrons. The summed E-state index contributed by atoms with van der Waals surface area (Å²) in [5.74, 6) is -0.963. The second-order valence-corrected chi connectivity index (χ2v) is 17.3. The van der Waals surface area contributed by atoms with Gasteiger partial charge in [0.25, 0.3) is 10.0 Å². The molecule has 3 aliphatic rings. The number of carbonyl (C=O) groups excluding carboxylic acids is 1. The molecule has 4 aromatic rings. The Morgan fingerprint density at radius 1 is 1.08 bits per heavy atom. The van der Waals surface area contributed by atoms with Crippen LogP contribution in [0.2, 0.25) is 0 Å². The molecule has 2 aromatic carbocycles. The van der Waals surface area contributed by atoms with E-state index in [1.54, 1.807) is 29.6 Å². The number of furan rings is 1. The number of fused-ring (bicyclic) bond motifs is 8. The van der Waals surface area contributed by atoms with Crippen LogP contribution in [0.3, 0.4) is 0 Å². The van der Waals surface area contributed by atoms with Crippen LogP contribution in [0.5, 0.6) is 5.75 Å². The maximum atomic E-state index is 14.2. The molecule has 3 aliphatic carbocycles. The van der Waals surface area contributed by atoms with Crippen molar-refractivity contribution in [3.05, 3.63) is 118 Å². The maximum absolute atomic E-state index is 14.2. The molecule has 2 aromatic heterocycles. The van der Waals surface area contributed by atoms with Gasteiger partial charge in [0.1, 0.15) is 9.96 Å².